The lowest BCUT2D eigenvalue weighted by Crippen LogP contribution is -2.43. The van der Waals surface area contributed by atoms with Gasteiger partial charge in [0.25, 0.3) is 0 Å². The first-order chi connectivity index (χ1) is 18.5. The maximum Gasteiger partial charge on any atom is 0.250 e. The molecule has 40 heavy (non-hydrogen) atoms. The second-order valence-electron chi connectivity index (χ2n) is 13.8. The van der Waals surface area contributed by atoms with Gasteiger partial charge >= 0.3 is 0 Å². The Morgan fingerprint density at radius 2 is 1.10 bits per heavy atom. The van der Waals surface area contributed by atoms with E-state index in [1.165, 1.54) is 5.57 Å². The van der Waals surface area contributed by atoms with Gasteiger partial charge in [-0.2, -0.15) is 0 Å². The van der Waals surface area contributed by atoms with Crippen LogP contribution in [0.2, 0.25) is 36.3 Å². The van der Waals surface area contributed by atoms with Crippen LogP contribution in [0.1, 0.15) is 58.2 Å². The van der Waals surface area contributed by atoms with Crippen molar-refractivity contribution in [1.82, 2.24) is 0 Å². The van der Waals surface area contributed by atoms with Crippen molar-refractivity contribution < 1.29 is 18.3 Å². The quantitative estimate of drug-likeness (QED) is 0.263. The number of hydrogen-bond donors (Lipinski definition) is 0. The summed E-state index contributed by atoms with van der Waals surface area (Å²) in [5.41, 5.74) is 5.63. The van der Waals surface area contributed by atoms with Crippen LogP contribution >= 0.6 is 0 Å². The third-order valence-electron chi connectivity index (χ3n) is 8.84. The van der Waals surface area contributed by atoms with E-state index in [1.54, 1.807) is 7.11 Å². The summed E-state index contributed by atoms with van der Waals surface area (Å²) in [5.74, 6) is 3.48. The molecule has 1 aliphatic heterocycles. The molecule has 0 spiro atoms. The standard InChI is InChI=1S/C34H46O4Si2/c1-33(2,3)39(8,9)37-27-18-12-24(13-19-27)30-23-36-31-22-28(38-40(10,11)34(4,5)6)20-21-29(31)32(30)25-14-16-26(35-7)17-15-25/h12-22H,23H2,1-11H3. The smallest absolute Gasteiger partial charge is 0.250 e. The van der Waals surface area contributed by atoms with Gasteiger partial charge < -0.3 is 18.3 Å². The molecule has 0 bridgehead atoms. The zero-order valence-electron chi connectivity index (χ0n) is 26.2. The first kappa shape index (κ1) is 30.0. The van der Waals surface area contributed by atoms with Crippen LogP contribution in [0.4, 0.5) is 0 Å². The molecule has 0 aromatic heterocycles. The molecular weight excluding hydrogens is 529 g/mol. The molecule has 0 saturated carbocycles. The van der Waals surface area contributed by atoms with E-state index in [0.717, 1.165) is 45.3 Å². The molecule has 0 aliphatic carbocycles. The summed E-state index contributed by atoms with van der Waals surface area (Å²) in [6, 6.07) is 23.1. The fourth-order valence-electron chi connectivity index (χ4n) is 4.21. The zero-order chi connectivity index (χ0) is 29.5. The van der Waals surface area contributed by atoms with Crippen molar-refractivity contribution in [2.75, 3.05) is 13.7 Å². The second kappa shape index (κ2) is 10.8. The molecule has 3 aromatic rings. The molecule has 0 saturated heterocycles. The van der Waals surface area contributed by atoms with Crippen LogP contribution in [0.15, 0.2) is 66.7 Å². The maximum atomic E-state index is 6.61. The summed E-state index contributed by atoms with van der Waals surface area (Å²) in [5, 5.41) is 0.259. The summed E-state index contributed by atoms with van der Waals surface area (Å²) in [4.78, 5) is 0. The Morgan fingerprint density at radius 1 is 0.625 bits per heavy atom. The number of fused-ring (bicyclic) bond motifs is 1. The lowest BCUT2D eigenvalue weighted by Gasteiger charge is -2.37. The van der Waals surface area contributed by atoms with Gasteiger partial charge in [-0.05, 0) is 89.4 Å². The van der Waals surface area contributed by atoms with Gasteiger partial charge in [0.05, 0.1) is 7.11 Å². The normalized spacial score (nSPS) is 14.4. The Balaban J connectivity index is 1.76. The van der Waals surface area contributed by atoms with Gasteiger partial charge in [-0.3, -0.25) is 0 Å². The third-order valence-corrected chi connectivity index (χ3v) is 17.6. The van der Waals surface area contributed by atoms with Crippen molar-refractivity contribution in [1.29, 1.82) is 0 Å². The third kappa shape index (κ3) is 6.18. The molecule has 1 aliphatic rings. The first-order valence-electron chi connectivity index (χ1n) is 14.2. The van der Waals surface area contributed by atoms with Gasteiger partial charge in [-0.1, -0.05) is 65.8 Å². The summed E-state index contributed by atoms with van der Waals surface area (Å²) >= 11 is 0. The molecule has 3 aromatic carbocycles. The van der Waals surface area contributed by atoms with E-state index in [9.17, 15) is 0 Å². The van der Waals surface area contributed by atoms with Gasteiger partial charge in [0.15, 0.2) is 0 Å². The predicted molar refractivity (Wildman–Crippen MR) is 173 cm³/mol. The van der Waals surface area contributed by atoms with Crippen LogP contribution in [0.5, 0.6) is 23.0 Å². The SMILES string of the molecule is COc1ccc(C2=C(c3ccc(O[Si](C)(C)C(C)(C)C)cc3)COc3cc(O[Si](C)(C)C(C)(C)C)ccc32)cc1. The molecule has 1 heterocycles. The van der Waals surface area contributed by atoms with Gasteiger partial charge in [0.1, 0.15) is 29.6 Å². The Bertz CT molecular complexity index is 1370. The summed E-state index contributed by atoms with van der Waals surface area (Å²) in [6.07, 6.45) is 0. The highest BCUT2D eigenvalue weighted by Crippen LogP contribution is 2.45. The summed E-state index contributed by atoms with van der Waals surface area (Å²) in [6.45, 7) is 23.1. The lowest BCUT2D eigenvalue weighted by atomic mass is 9.87. The lowest BCUT2D eigenvalue weighted by molar-refractivity contribution is 0.362. The Hall–Kier alpha value is -2.97. The molecule has 0 atom stereocenters. The number of hydrogen-bond acceptors (Lipinski definition) is 4. The van der Waals surface area contributed by atoms with Crippen LogP contribution in [0.25, 0.3) is 11.1 Å². The van der Waals surface area contributed by atoms with Crippen LogP contribution in [-0.4, -0.2) is 30.4 Å². The van der Waals surface area contributed by atoms with Gasteiger partial charge in [0.2, 0.25) is 16.6 Å². The molecule has 0 N–H and O–H groups in total. The van der Waals surface area contributed by atoms with Gasteiger partial charge in [-0.15, -0.1) is 0 Å². The largest absolute Gasteiger partial charge is 0.544 e. The zero-order valence-corrected chi connectivity index (χ0v) is 28.2. The van der Waals surface area contributed by atoms with Crippen LogP contribution in [0, 0.1) is 0 Å². The van der Waals surface area contributed by atoms with Gasteiger partial charge in [0, 0.05) is 17.2 Å². The fraction of sp³-hybridized carbons (Fsp3) is 0.412. The highest BCUT2D eigenvalue weighted by Gasteiger charge is 2.40. The van der Waals surface area contributed by atoms with E-state index >= 15 is 0 Å². The molecule has 0 amide bonds. The Labute approximate surface area is 243 Å². The van der Waals surface area contributed by atoms with Crippen molar-refractivity contribution in [2.24, 2.45) is 0 Å². The summed E-state index contributed by atoms with van der Waals surface area (Å²) < 4.78 is 25.0. The highest BCUT2D eigenvalue weighted by atomic mass is 28.4. The van der Waals surface area contributed by atoms with E-state index in [4.69, 9.17) is 18.3 Å². The van der Waals surface area contributed by atoms with E-state index in [2.05, 4.69) is 122 Å². The minimum atomic E-state index is -1.97. The molecule has 214 valence electrons. The van der Waals surface area contributed by atoms with E-state index in [-0.39, 0.29) is 10.1 Å². The van der Waals surface area contributed by atoms with Crippen molar-refractivity contribution in [2.45, 2.75) is 77.8 Å². The molecule has 4 rings (SSSR count). The predicted octanol–water partition coefficient (Wildman–Crippen LogP) is 9.81. The number of ether oxygens (including phenoxy) is 2. The number of methoxy groups -OCH3 is 1. The summed E-state index contributed by atoms with van der Waals surface area (Å²) in [7, 11) is -2.20. The average Bonchev–Trinajstić information content (AvgIpc) is 2.87. The topological polar surface area (TPSA) is 36.9 Å². The van der Waals surface area contributed by atoms with E-state index in [0.29, 0.717) is 6.61 Å². The molecule has 4 nitrogen and oxygen atoms in total. The number of rotatable bonds is 7. The van der Waals surface area contributed by atoms with Crippen molar-refractivity contribution in [3.05, 3.63) is 83.4 Å². The Morgan fingerprint density at radius 3 is 1.62 bits per heavy atom. The fourth-order valence-corrected chi connectivity index (χ4v) is 6.27. The van der Waals surface area contributed by atoms with Crippen LogP contribution in [-0.2, 0) is 0 Å². The minimum absolute atomic E-state index is 0.117. The average molecular weight is 575 g/mol. The van der Waals surface area contributed by atoms with E-state index in [1.807, 2.05) is 12.1 Å². The van der Waals surface area contributed by atoms with Crippen molar-refractivity contribution in [3.8, 4) is 23.0 Å². The second-order valence-corrected chi connectivity index (χ2v) is 23.2. The molecule has 0 fully saturated rings. The highest BCUT2D eigenvalue weighted by molar-refractivity contribution is 6.75. The first-order valence-corrected chi connectivity index (χ1v) is 20.0. The van der Waals surface area contributed by atoms with Gasteiger partial charge in [-0.25, -0.2) is 0 Å². The van der Waals surface area contributed by atoms with Crippen LogP contribution < -0.4 is 18.3 Å². The number of benzene rings is 3. The molecule has 0 radical (unpaired) electrons. The van der Waals surface area contributed by atoms with Crippen molar-refractivity contribution >= 4 is 27.8 Å². The van der Waals surface area contributed by atoms with E-state index < -0.39 is 16.6 Å². The maximum absolute atomic E-state index is 6.61. The molecule has 6 heteroatoms. The van der Waals surface area contributed by atoms with Crippen LogP contribution in [0.3, 0.4) is 0 Å². The minimum Gasteiger partial charge on any atom is -0.544 e. The molecular formula is C34H46O4Si2. The Kier molecular flexibility index (Phi) is 8.09. The molecule has 0 unspecified atom stereocenters. The monoisotopic (exact) mass is 574 g/mol. The van der Waals surface area contributed by atoms with Crippen molar-refractivity contribution in [3.63, 3.8) is 0 Å².